The number of aromatic amines is 1. The second kappa shape index (κ2) is 10.0. The zero-order chi connectivity index (χ0) is 22.4. The standard InChI is InChI=1S/C23H22ClN3O4/c1-3-4-21(28)25-18-11-7-16(8-12-18)22(29)14(2)31-23(30)20-13-19(26-27-20)15-5-9-17(24)10-6-15/h5-14H,3-4H2,1-2H3,(H,25,28)(H,26,27)/t14-/m1/s1. The average molecular weight is 440 g/mol. The summed E-state index contributed by atoms with van der Waals surface area (Å²) in [5.74, 6) is -1.12. The molecule has 3 rings (SSSR count). The van der Waals surface area contributed by atoms with E-state index in [2.05, 4.69) is 15.5 Å². The van der Waals surface area contributed by atoms with Gasteiger partial charge < -0.3 is 10.1 Å². The maximum Gasteiger partial charge on any atom is 0.357 e. The van der Waals surface area contributed by atoms with Crippen LogP contribution in [0.4, 0.5) is 5.69 Å². The summed E-state index contributed by atoms with van der Waals surface area (Å²) in [5, 5.41) is 10.1. The first-order chi connectivity index (χ1) is 14.9. The highest BCUT2D eigenvalue weighted by atomic mass is 35.5. The van der Waals surface area contributed by atoms with Gasteiger partial charge in [-0.05, 0) is 55.8 Å². The van der Waals surface area contributed by atoms with Crippen LogP contribution < -0.4 is 5.32 Å². The van der Waals surface area contributed by atoms with Crippen LogP contribution in [-0.2, 0) is 9.53 Å². The van der Waals surface area contributed by atoms with Crippen molar-refractivity contribution in [2.24, 2.45) is 0 Å². The summed E-state index contributed by atoms with van der Waals surface area (Å²) in [6.07, 6.45) is 0.194. The van der Waals surface area contributed by atoms with Gasteiger partial charge in [0.1, 0.15) is 5.69 Å². The lowest BCUT2D eigenvalue weighted by Crippen LogP contribution is -2.24. The molecule has 31 heavy (non-hydrogen) atoms. The lowest BCUT2D eigenvalue weighted by atomic mass is 10.1. The van der Waals surface area contributed by atoms with E-state index in [1.165, 1.54) is 6.92 Å². The minimum absolute atomic E-state index is 0.0820. The maximum atomic E-state index is 12.6. The number of carbonyl (C=O) groups is 3. The number of nitrogens with zero attached hydrogens (tertiary/aromatic N) is 1. The number of benzene rings is 2. The Kier molecular flexibility index (Phi) is 7.20. The first-order valence-corrected chi connectivity index (χ1v) is 10.2. The Morgan fingerprint density at radius 2 is 1.77 bits per heavy atom. The van der Waals surface area contributed by atoms with E-state index in [1.54, 1.807) is 54.6 Å². The summed E-state index contributed by atoms with van der Waals surface area (Å²) in [6, 6.07) is 15.0. The molecule has 0 fully saturated rings. The molecule has 0 unspecified atom stereocenters. The Morgan fingerprint density at radius 1 is 1.10 bits per heavy atom. The van der Waals surface area contributed by atoms with Crippen molar-refractivity contribution in [1.29, 1.82) is 0 Å². The van der Waals surface area contributed by atoms with Crippen molar-refractivity contribution in [1.82, 2.24) is 10.2 Å². The highest BCUT2D eigenvalue weighted by molar-refractivity contribution is 6.30. The lowest BCUT2D eigenvalue weighted by Gasteiger charge is -2.12. The average Bonchev–Trinajstić information content (AvgIpc) is 3.25. The summed E-state index contributed by atoms with van der Waals surface area (Å²) in [5.41, 5.74) is 2.46. The Labute approximate surface area is 184 Å². The predicted octanol–water partition coefficient (Wildman–Crippen LogP) is 4.90. The minimum atomic E-state index is -0.990. The molecule has 0 aliphatic rings. The van der Waals surface area contributed by atoms with E-state index in [0.29, 0.717) is 28.4 Å². The molecule has 0 bridgehead atoms. The molecule has 1 heterocycles. The van der Waals surface area contributed by atoms with Gasteiger partial charge in [0.05, 0.1) is 5.69 Å². The summed E-state index contributed by atoms with van der Waals surface area (Å²) in [6.45, 7) is 3.43. The van der Waals surface area contributed by atoms with Crippen molar-refractivity contribution in [2.75, 3.05) is 5.32 Å². The normalized spacial score (nSPS) is 11.6. The van der Waals surface area contributed by atoms with Crippen molar-refractivity contribution in [2.45, 2.75) is 32.8 Å². The number of nitrogens with one attached hydrogen (secondary N) is 2. The van der Waals surface area contributed by atoms with E-state index in [-0.39, 0.29) is 17.4 Å². The number of amides is 1. The van der Waals surface area contributed by atoms with Crippen LogP contribution in [0.3, 0.4) is 0 Å². The summed E-state index contributed by atoms with van der Waals surface area (Å²) < 4.78 is 5.30. The van der Waals surface area contributed by atoms with Crippen LogP contribution >= 0.6 is 11.6 Å². The van der Waals surface area contributed by atoms with Gasteiger partial charge in [0.25, 0.3) is 0 Å². The predicted molar refractivity (Wildman–Crippen MR) is 118 cm³/mol. The van der Waals surface area contributed by atoms with Gasteiger partial charge >= 0.3 is 5.97 Å². The monoisotopic (exact) mass is 439 g/mol. The second-order valence-corrected chi connectivity index (χ2v) is 7.40. The Balaban J connectivity index is 1.61. The third-order valence-corrected chi connectivity index (χ3v) is 4.77. The molecule has 3 aromatic rings. The molecule has 1 aromatic heterocycles. The number of H-pyrrole nitrogens is 1. The smallest absolute Gasteiger partial charge is 0.357 e. The van der Waals surface area contributed by atoms with Gasteiger partial charge in [-0.15, -0.1) is 0 Å². The van der Waals surface area contributed by atoms with Crippen LogP contribution in [0.2, 0.25) is 5.02 Å². The number of hydrogen-bond donors (Lipinski definition) is 2. The number of rotatable bonds is 8. The fourth-order valence-electron chi connectivity index (χ4n) is 2.88. The number of ether oxygens (including phenoxy) is 1. The highest BCUT2D eigenvalue weighted by Gasteiger charge is 2.22. The molecular weight excluding hydrogens is 418 g/mol. The second-order valence-electron chi connectivity index (χ2n) is 6.96. The zero-order valence-corrected chi connectivity index (χ0v) is 17.9. The van der Waals surface area contributed by atoms with E-state index in [9.17, 15) is 14.4 Å². The number of carbonyl (C=O) groups excluding carboxylic acids is 3. The number of ketones is 1. The molecule has 0 radical (unpaired) electrons. The molecule has 0 saturated heterocycles. The molecule has 2 N–H and O–H groups in total. The molecule has 7 nitrogen and oxygen atoms in total. The summed E-state index contributed by atoms with van der Waals surface area (Å²) in [4.78, 5) is 36.7. The summed E-state index contributed by atoms with van der Waals surface area (Å²) in [7, 11) is 0. The molecule has 1 atom stereocenters. The Bertz CT molecular complexity index is 1070. The van der Waals surface area contributed by atoms with Crippen LogP contribution in [-0.4, -0.2) is 34.0 Å². The number of esters is 1. The van der Waals surface area contributed by atoms with E-state index in [0.717, 1.165) is 12.0 Å². The number of Topliss-reactive ketones (excluding diaryl/α,β-unsaturated/α-hetero) is 1. The number of anilines is 1. The van der Waals surface area contributed by atoms with Gasteiger partial charge in [-0.2, -0.15) is 5.10 Å². The minimum Gasteiger partial charge on any atom is -0.450 e. The molecule has 8 heteroatoms. The van der Waals surface area contributed by atoms with Gasteiger partial charge in [-0.1, -0.05) is 30.7 Å². The van der Waals surface area contributed by atoms with Crippen LogP contribution in [0.1, 0.15) is 47.5 Å². The highest BCUT2D eigenvalue weighted by Crippen LogP contribution is 2.21. The van der Waals surface area contributed by atoms with E-state index < -0.39 is 12.1 Å². The maximum absolute atomic E-state index is 12.6. The fraction of sp³-hybridized carbons (Fsp3) is 0.217. The molecule has 0 spiro atoms. The Hall–Kier alpha value is -3.45. The van der Waals surface area contributed by atoms with Crippen molar-refractivity contribution in [3.63, 3.8) is 0 Å². The molecule has 1 amide bonds. The fourth-order valence-corrected chi connectivity index (χ4v) is 3.00. The van der Waals surface area contributed by atoms with Gasteiger partial charge in [0.15, 0.2) is 6.10 Å². The first-order valence-electron chi connectivity index (χ1n) is 9.84. The molecule has 160 valence electrons. The number of hydrogen-bond acceptors (Lipinski definition) is 5. The topological polar surface area (TPSA) is 101 Å². The van der Waals surface area contributed by atoms with Gasteiger partial charge in [0.2, 0.25) is 11.7 Å². The zero-order valence-electron chi connectivity index (χ0n) is 17.1. The SMILES string of the molecule is CCCC(=O)Nc1ccc(C(=O)[C@@H](C)OC(=O)c2cc(-c3ccc(Cl)cc3)n[nH]2)cc1. The van der Waals surface area contributed by atoms with Crippen molar-refractivity contribution >= 4 is 34.9 Å². The third kappa shape index (κ3) is 5.79. The van der Waals surface area contributed by atoms with E-state index in [4.69, 9.17) is 16.3 Å². The van der Waals surface area contributed by atoms with Crippen molar-refractivity contribution in [3.8, 4) is 11.3 Å². The third-order valence-electron chi connectivity index (χ3n) is 4.52. The summed E-state index contributed by atoms with van der Waals surface area (Å²) >= 11 is 5.88. The lowest BCUT2D eigenvalue weighted by molar-refractivity contribution is -0.116. The van der Waals surface area contributed by atoms with Crippen LogP contribution in [0, 0.1) is 0 Å². The van der Waals surface area contributed by atoms with Gasteiger partial charge in [-0.3, -0.25) is 14.7 Å². The van der Waals surface area contributed by atoms with E-state index in [1.807, 2.05) is 6.92 Å². The van der Waals surface area contributed by atoms with Gasteiger partial charge in [0, 0.05) is 28.3 Å². The number of aromatic nitrogens is 2. The number of halogens is 1. The molecule has 0 saturated carbocycles. The van der Waals surface area contributed by atoms with Crippen LogP contribution in [0.25, 0.3) is 11.3 Å². The van der Waals surface area contributed by atoms with Gasteiger partial charge in [-0.25, -0.2) is 4.79 Å². The van der Waals surface area contributed by atoms with Crippen LogP contribution in [0.5, 0.6) is 0 Å². The molecule has 0 aliphatic carbocycles. The van der Waals surface area contributed by atoms with E-state index >= 15 is 0 Å². The largest absolute Gasteiger partial charge is 0.450 e. The van der Waals surface area contributed by atoms with Crippen molar-refractivity contribution in [3.05, 3.63) is 70.9 Å². The molecular formula is C23H22ClN3O4. The molecule has 2 aromatic carbocycles. The Morgan fingerprint density at radius 3 is 2.42 bits per heavy atom. The first kappa shape index (κ1) is 22.2. The molecule has 0 aliphatic heterocycles. The van der Waals surface area contributed by atoms with Crippen LogP contribution in [0.15, 0.2) is 54.6 Å². The quantitative estimate of drug-likeness (QED) is 0.384. The van der Waals surface area contributed by atoms with Crippen molar-refractivity contribution < 1.29 is 19.1 Å².